The zero-order valence-electron chi connectivity index (χ0n) is 13.9. The molecule has 3 N–H and O–H groups in total. The Labute approximate surface area is 173 Å². The zero-order chi connectivity index (χ0) is 16.4. The second kappa shape index (κ2) is 9.90. The number of hydrogen-bond acceptors (Lipinski definition) is 6. The van der Waals surface area contributed by atoms with Gasteiger partial charge in [-0.1, -0.05) is 13.0 Å². The average Bonchev–Trinajstić information content (AvgIpc) is 3.15. The lowest BCUT2D eigenvalue weighted by Gasteiger charge is -2.06. The molecule has 0 unspecified atom stereocenters. The second-order valence-electron chi connectivity index (χ2n) is 5.47. The van der Waals surface area contributed by atoms with E-state index in [4.69, 9.17) is 17.3 Å². The number of nitrogens with zero attached hydrogens (tertiary/aromatic N) is 2. The summed E-state index contributed by atoms with van der Waals surface area (Å²) < 4.78 is 1.06. The number of aryl methyl sites for hydroxylation is 1. The van der Waals surface area contributed by atoms with E-state index in [1.807, 2.05) is 6.07 Å². The first-order valence-corrected chi connectivity index (χ1v) is 9.63. The van der Waals surface area contributed by atoms with Crippen molar-refractivity contribution < 1.29 is 0 Å². The Bertz CT molecular complexity index is 805. The minimum absolute atomic E-state index is 0. The van der Waals surface area contributed by atoms with Gasteiger partial charge in [0.05, 0.1) is 16.8 Å². The van der Waals surface area contributed by atoms with Gasteiger partial charge in [-0.05, 0) is 48.4 Å². The lowest BCUT2D eigenvalue weighted by atomic mass is 10.1. The van der Waals surface area contributed by atoms with Crippen molar-refractivity contribution >= 4 is 75.1 Å². The maximum atomic E-state index is 6.12. The first kappa shape index (κ1) is 22.4. The molecule has 0 aliphatic rings. The monoisotopic (exact) mass is 438 g/mol. The van der Waals surface area contributed by atoms with Crippen LogP contribution in [0.5, 0.6) is 0 Å². The predicted octanol–water partition coefficient (Wildman–Crippen LogP) is 5.45. The number of thiophene rings is 2. The first-order chi connectivity index (χ1) is 11.1. The van der Waals surface area contributed by atoms with E-state index in [9.17, 15) is 0 Å². The number of rotatable bonds is 6. The van der Waals surface area contributed by atoms with Crippen LogP contribution in [-0.2, 0) is 13.0 Å². The van der Waals surface area contributed by atoms with E-state index >= 15 is 0 Å². The maximum Gasteiger partial charge on any atom is 0.224 e. The van der Waals surface area contributed by atoms with Crippen LogP contribution in [0.25, 0.3) is 10.2 Å². The van der Waals surface area contributed by atoms with Crippen LogP contribution in [-0.4, -0.2) is 16.0 Å². The highest BCUT2D eigenvalue weighted by Gasteiger charge is 2.17. The van der Waals surface area contributed by atoms with E-state index in [1.54, 1.807) is 22.7 Å². The van der Waals surface area contributed by atoms with E-state index in [1.165, 1.54) is 9.75 Å². The SMILES string of the molecule is CC[C@H](N)Cc1sc2c(NCc3cccs3)nc(Cl)nc2c1C.Cl.Cl. The van der Waals surface area contributed by atoms with Crippen molar-refractivity contribution in [1.82, 2.24) is 9.97 Å². The molecule has 0 aliphatic heterocycles. The third kappa shape index (κ3) is 5.18. The molecule has 0 spiro atoms. The molecule has 0 amide bonds. The van der Waals surface area contributed by atoms with Gasteiger partial charge in [0.2, 0.25) is 5.28 Å². The molecule has 138 valence electrons. The van der Waals surface area contributed by atoms with Gasteiger partial charge in [-0.25, -0.2) is 4.98 Å². The maximum absolute atomic E-state index is 6.12. The number of aromatic nitrogens is 2. The Kier molecular flexibility index (Phi) is 8.87. The summed E-state index contributed by atoms with van der Waals surface area (Å²) >= 11 is 9.56. The van der Waals surface area contributed by atoms with Gasteiger partial charge in [-0.3, -0.25) is 0 Å². The van der Waals surface area contributed by atoms with Crippen molar-refractivity contribution in [1.29, 1.82) is 0 Å². The van der Waals surface area contributed by atoms with Crippen molar-refractivity contribution in [3.05, 3.63) is 38.1 Å². The third-order valence-electron chi connectivity index (χ3n) is 3.82. The molecular weight excluding hydrogens is 419 g/mol. The summed E-state index contributed by atoms with van der Waals surface area (Å²) in [7, 11) is 0. The summed E-state index contributed by atoms with van der Waals surface area (Å²) in [5, 5.41) is 5.74. The molecule has 0 radical (unpaired) electrons. The molecule has 25 heavy (non-hydrogen) atoms. The minimum atomic E-state index is 0. The van der Waals surface area contributed by atoms with Crippen LogP contribution < -0.4 is 11.1 Å². The lowest BCUT2D eigenvalue weighted by molar-refractivity contribution is 0.650. The molecule has 0 aliphatic carbocycles. The van der Waals surface area contributed by atoms with E-state index in [-0.39, 0.29) is 36.1 Å². The van der Waals surface area contributed by atoms with Crippen LogP contribution in [0.1, 0.15) is 28.7 Å². The first-order valence-electron chi connectivity index (χ1n) is 7.55. The average molecular weight is 440 g/mol. The summed E-state index contributed by atoms with van der Waals surface area (Å²) in [6.45, 7) is 4.93. The number of fused-ring (bicyclic) bond motifs is 1. The summed E-state index contributed by atoms with van der Waals surface area (Å²) in [4.78, 5) is 11.3. The van der Waals surface area contributed by atoms with Gasteiger partial charge in [-0.2, -0.15) is 4.98 Å². The Morgan fingerprint density at radius 1 is 1.32 bits per heavy atom. The van der Waals surface area contributed by atoms with Crippen molar-refractivity contribution in [3.63, 3.8) is 0 Å². The molecule has 3 heterocycles. The van der Waals surface area contributed by atoms with Gasteiger partial charge < -0.3 is 11.1 Å². The van der Waals surface area contributed by atoms with Gasteiger partial charge in [0.25, 0.3) is 0 Å². The van der Waals surface area contributed by atoms with Crippen molar-refractivity contribution in [2.24, 2.45) is 5.73 Å². The molecular formula is C16H21Cl3N4S2. The molecule has 3 aromatic heterocycles. The topological polar surface area (TPSA) is 63.8 Å². The third-order valence-corrected chi connectivity index (χ3v) is 6.17. The Morgan fingerprint density at radius 2 is 2.08 bits per heavy atom. The molecule has 0 fully saturated rings. The van der Waals surface area contributed by atoms with Crippen LogP contribution >= 0.6 is 59.1 Å². The van der Waals surface area contributed by atoms with Crippen LogP contribution in [0.4, 0.5) is 5.82 Å². The molecule has 3 aromatic rings. The van der Waals surface area contributed by atoms with Crippen molar-refractivity contribution in [2.45, 2.75) is 39.3 Å². The Hall–Kier alpha value is -0.630. The van der Waals surface area contributed by atoms with E-state index in [0.29, 0.717) is 0 Å². The smallest absolute Gasteiger partial charge is 0.224 e. The molecule has 4 nitrogen and oxygen atoms in total. The fourth-order valence-electron chi connectivity index (χ4n) is 2.39. The fraction of sp³-hybridized carbons (Fsp3) is 0.375. The van der Waals surface area contributed by atoms with Gasteiger partial charge in [-0.15, -0.1) is 47.5 Å². The summed E-state index contributed by atoms with van der Waals surface area (Å²) in [5.74, 6) is 0.804. The number of anilines is 1. The standard InChI is InChI=1S/C16H19ClN4S2.2ClH/c1-3-10(18)7-12-9(2)13-14(23-12)15(21-16(17)20-13)19-8-11-5-4-6-22-11;;/h4-6,10H,3,7-8,18H2,1-2H3,(H,19,20,21);2*1H/t10-;;/m0../s1. The van der Waals surface area contributed by atoms with Crippen molar-refractivity contribution in [2.75, 3.05) is 5.32 Å². The number of hydrogen-bond donors (Lipinski definition) is 2. The minimum Gasteiger partial charge on any atom is -0.364 e. The lowest BCUT2D eigenvalue weighted by Crippen LogP contribution is -2.21. The summed E-state index contributed by atoms with van der Waals surface area (Å²) in [6.07, 6.45) is 1.83. The van der Waals surface area contributed by atoms with Gasteiger partial charge >= 0.3 is 0 Å². The second-order valence-corrected chi connectivity index (χ2v) is 7.95. The molecule has 9 heteroatoms. The quantitative estimate of drug-likeness (QED) is 0.501. The number of halogens is 3. The van der Waals surface area contributed by atoms with E-state index in [2.05, 4.69) is 40.6 Å². The van der Waals surface area contributed by atoms with E-state index in [0.717, 1.165) is 41.0 Å². The zero-order valence-corrected chi connectivity index (χ0v) is 17.9. The number of nitrogens with one attached hydrogen (secondary N) is 1. The van der Waals surface area contributed by atoms with Crippen LogP contribution in [0.15, 0.2) is 17.5 Å². The van der Waals surface area contributed by atoms with Gasteiger partial charge in [0, 0.05) is 15.8 Å². The molecule has 3 rings (SSSR count). The van der Waals surface area contributed by atoms with Crippen LogP contribution in [0.3, 0.4) is 0 Å². The fourth-order valence-corrected chi connectivity index (χ4v) is 4.50. The largest absolute Gasteiger partial charge is 0.364 e. The summed E-state index contributed by atoms with van der Waals surface area (Å²) in [6, 6.07) is 4.32. The molecule has 0 saturated heterocycles. The molecule has 0 bridgehead atoms. The van der Waals surface area contributed by atoms with Gasteiger partial charge in [0.1, 0.15) is 5.82 Å². The normalized spacial score (nSPS) is 11.7. The van der Waals surface area contributed by atoms with Gasteiger partial charge in [0.15, 0.2) is 0 Å². The predicted molar refractivity (Wildman–Crippen MR) is 115 cm³/mol. The van der Waals surface area contributed by atoms with Crippen LogP contribution in [0, 0.1) is 6.92 Å². The van der Waals surface area contributed by atoms with Crippen molar-refractivity contribution in [3.8, 4) is 0 Å². The Morgan fingerprint density at radius 3 is 2.72 bits per heavy atom. The Balaban J connectivity index is 0.00000156. The highest BCUT2D eigenvalue weighted by atomic mass is 35.5. The molecule has 1 atom stereocenters. The number of nitrogens with two attached hydrogens (primary N) is 1. The molecule has 0 saturated carbocycles. The van der Waals surface area contributed by atoms with Crippen LogP contribution in [0.2, 0.25) is 5.28 Å². The highest BCUT2D eigenvalue weighted by Crippen LogP contribution is 2.35. The van der Waals surface area contributed by atoms with E-state index < -0.39 is 0 Å². The highest BCUT2D eigenvalue weighted by molar-refractivity contribution is 7.19. The summed E-state index contributed by atoms with van der Waals surface area (Å²) in [5.41, 5.74) is 8.21. The molecule has 0 aromatic carbocycles.